The van der Waals surface area contributed by atoms with Crippen LogP contribution in [0, 0.1) is 6.92 Å². The van der Waals surface area contributed by atoms with Gasteiger partial charge in [0.25, 0.3) is 0 Å². The molecule has 2 heterocycles. The Bertz CT molecular complexity index is 1210. The van der Waals surface area contributed by atoms with Gasteiger partial charge in [-0.3, -0.25) is 0 Å². The topological polar surface area (TPSA) is 89.9 Å². The summed E-state index contributed by atoms with van der Waals surface area (Å²) in [5.41, 5.74) is 5.89. The number of rotatable bonds is 9. The molecule has 0 spiro atoms. The summed E-state index contributed by atoms with van der Waals surface area (Å²) in [7, 11) is 0. The van der Waals surface area contributed by atoms with Crippen LogP contribution in [0.15, 0.2) is 53.8 Å². The Hall–Kier alpha value is -3.16. The van der Waals surface area contributed by atoms with E-state index in [1.54, 1.807) is 0 Å². The van der Waals surface area contributed by atoms with E-state index in [2.05, 4.69) is 35.4 Å². The number of pyridine rings is 1. The van der Waals surface area contributed by atoms with Crippen LogP contribution in [0.4, 0.5) is 5.82 Å². The third kappa shape index (κ3) is 5.43. The first kappa shape index (κ1) is 25.5. The monoisotopic (exact) mass is 504 g/mol. The van der Waals surface area contributed by atoms with Crippen molar-refractivity contribution in [3.63, 3.8) is 0 Å². The Labute approximate surface area is 218 Å². The second-order valence-corrected chi connectivity index (χ2v) is 10.1. The molecule has 0 bridgehead atoms. The smallest absolute Gasteiger partial charge is 0.329 e. The van der Waals surface area contributed by atoms with Crippen LogP contribution < -0.4 is 10.1 Å². The van der Waals surface area contributed by atoms with Gasteiger partial charge in [0.2, 0.25) is 0 Å². The summed E-state index contributed by atoms with van der Waals surface area (Å²) < 4.78 is 17.8. The Morgan fingerprint density at radius 1 is 1.24 bits per heavy atom. The number of aromatic nitrogens is 1. The molecule has 1 saturated heterocycles. The molecular formula is C30H36N2O5. The third-order valence-corrected chi connectivity index (χ3v) is 7.77. The predicted molar refractivity (Wildman–Crippen MR) is 143 cm³/mol. The molecule has 1 aromatic carbocycles. The van der Waals surface area contributed by atoms with Crippen molar-refractivity contribution in [3.05, 3.63) is 64.9 Å². The largest absolute Gasteiger partial charge is 0.494 e. The van der Waals surface area contributed by atoms with Gasteiger partial charge in [-0.15, -0.1) is 0 Å². The minimum absolute atomic E-state index is 0.155. The molecule has 196 valence electrons. The van der Waals surface area contributed by atoms with Gasteiger partial charge in [0, 0.05) is 37.8 Å². The van der Waals surface area contributed by atoms with Crippen LogP contribution in [0.2, 0.25) is 0 Å². The highest BCUT2D eigenvalue weighted by Crippen LogP contribution is 2.38. The molecule has 2 aliphatic carbocycles. The van der Waals surface area contributed by atoms with E-state index >= 15 is 0 Å². The van der Waals surface area contributed by atoms with Gasteiger partial charge in [-0.1, -0.05) is 29.9 Å². The Morgan fingerprint density at radius 3 is 2.84 bits per heavy atom. The average molecular weight is 505 g/mol. The molecule has 3 aliphatic rings. The fraction of sp³-hybridized carbons (Fsp3) is 0.467. The van der Waals surface area contributed by atoms with Crippen LogP contribution in [-0.4, -0.2) is 47.5 Å². The first-order chi connectivity index (χ1) is 18.0. The third-order valence-electron chi connectivity index (χ3n) is 7.77. The second-order valence-electron chi connectivity index (χ2n) is 10.1. The number of nitrogens with one attached hydrogen (secondary N) is 1. The van der Waals surface area contributed by atoms with Crippen molar-refractivity contribution in [2.75, 3.05) is 25.1 Å². The number of carbonyl (C=O) groups is 1. The highest BCUT2D eigenvalue weighted by atomic mass is 16.5. The number of hydrogen-bond acceptors (Lipinski definition) is 6. The van der Waals surface area contributed by atoms with Crippen molar-refractivity contribution in [3.8, 4) is 16.9 Å². The minimum Gasteiger partial charge on any atom is -0.494 e. The van der Waals surface area contributed by atoms with E-state index in [4.69, 9.17) is 14.2 Å². The van der Waals surface area contributed by atoms with E-state index in [1.165, 1.54) is 11.1 Å². The van der Waals surface area contributed by atoms with E-state index in [1.807, 2.05) is 31.3 Å². The van der Waals surface area contributed by atoms with Crippen LogP contribution in [0.1, 0.15) is 56.6 Å². The first-order valence-corrected chi connectivity index (χ1v) is 13.3. The van der Waals surface area contributed by atoms with Gasteiger partial charge in [-0.2, -0.15) is 0 Å². The number of hydrogen-bond donors (Lipinski definition) is 2. The summed E-state index contributed by atoms with van der Waals surface area (Å²) >= 11 is 0. The molecule has 2 N–H and O–H groups in total. The van der Waals surface area contributed by atoms with Crippen molar-refractivity contribution < 1.29 is 24.1 Å². The summed E-state index contributed by atoms with van der Waals surface area (Å²) in [5, 5.41) is 13.3. The fourth-order valence-corrected chi connectivity index (χ4v) is 5.63. The first-order valence-electron chi connectivity index (χ1n) is 13.3. The molecule has 0 radical (unpaired) electrons. The number of aliphatic carboxylic acids is 1. The molecule has 1 fully saturated rings. The van der Waals surface area contributed by atoms with E-state index in [0.717, 1.165) is 53.7 Å². The average Bonchev–Trinajstić information content (AvgIpc) is 3.33. The molecule has 1 aromatic heterocycles. The van der Waals surface area contributed by atoms with Crippen LogP contribution in [-0.2, 0) is 20.9 Å². The fourth-order valence-electron chi connectivity index (χ4n) is 5.63. The van der Waals surface area contributed by atoms with Gasteiger partial charge in [-0.25, -0.2) is 9.78 Å². The number of carboxylic acid groups (broad SMARTS) is 1. The normalized spacial score (nSPS) is 20.5. The van der Waals surface area contributed by atoms with E-state index in [-0.39, 0.29) is 6.10 Å². The summed E-state index contributed by atoms with van der Waals surface area (Å²) in [4.78, 5) is 16.9. The molecule has 5 rings (SSSR count). The quantitative estimate of drug-likeness (QED) is 0.444. The van der Waals surface area contributed by atoms with Gasteiger partial charge >= 0.3 is 5.97 Å². The van der Waals surface area contributed by atoms with Gasteiger partial charge in [0.15, 0.2) is 0 Å². The zero-order chi connectivity index (χ0) is 25.8. The zero-order valence-corrected chi connectivity index (χ0v) is 21.7. The van der Waals surface area contributed by atoms with Crippen molar-refractivity contribution in [1.82, 2.24) is 4.98 Å². The number of ether oxygens (including phenoxy) is 3. The Morgan fingerprint density at radius 2 is 2.08 bits per heavy atom. The summed E-state index contributed by atoms with van der Waals surface area (Å²) in [6.07, 6.45) is 11.4. The molecule has 2 aromatic rings. The Kier molecular flexibility index (Phi) is 7.63. The van der Waals surface area contributed by atoms with Gasteiger partial charge in [0.05, 0.1) is 19.3 Å². The molecule has 7 nitrogen and oxygen atoms in total. The standard InChI is InChI=1S/C30H36N2O5/c1-3-36-27-10-6-9-25(20(27)2)26-18-31-28(32-30(29(33)34)11-13-35-14-12-30)17-23(26)19-37-24-15-21-7-4-5-8-22(21)16-24/h4,6-7,9-10,17-18,24H,3,5,8,11-16,19H2,1-2H3,(H,31,32)(H,33,34). The highest BCUT2D eigenvalue weighted by molar-refractivity contribution is 5.83. The van der Waals surface area contributed by atoms with E-state index < -0.39 is 11.5 Å². The maximum atomic E-state index is 12.2. The van der Waals surface area contributed by atoms with E-state index in [0.29, 0.717) is 45.1 Å². The van der Waals surface area contributed by atoms with Crippen LogP contribution in [0.3, 0.4) is 0 Å². The summed E-state index contributed by atoms with van der Waals surface area (Å²) in [6, 6.07) is 7.99. The predicted octanol–water partition coefficient (Wildman–Crippen LogP) is 5.83. The second kappa shape index (κ2) is 11.1. The lowest BCUT2D eigenvalue weighted by Gasteiger charge is -2.34. The number of benzene rings is 1. The SMILES string of the molecule is CCOc1cccc(-c2cnc(NC3(C(=O)O)CCOCC3)cc2COC2CC3=C(CCC=C3)C2)c1C. The van der Waals surface area contributed by atoms with Crippen molar-refractivity contribution in [1.29, 1.82) is 0 Å². The lowest BCUT2D eigenvalue weighted by molar-refractivity contribution is -0.145. The van der Waals surface area contributed by atoms with Crippen molar-refractivity contribution >= 4 is 11.8 Å². The number of allylic oxidation sites excluding steroid dienone is 2. The highest BCUT2D eigenvalue weighted by Gasteiger charge is 2.40. The molecular weight excluding hydrogens is 468 g/mol. The lowest BCUT2D eigenvalue weighted by atomic mass is 9.90. The summed E-state index contributed by atoms with van der Waals surface area (Å²) in [6.45, 7) is 5.86. The van der Waals surface area contributed by atoms with Gasteiger partial charge in [0.1, 0.15) is 17.1 Å². The maximum absolute atomic E-state index is 12.2. The van der Waals surface area contributed by atoms with Crippen molar-refractivity contribution in [2.45, 2.75) is 70.6 Å². The molecule has 1 unspecified atom stereocenters. The van der Waals surface area contributed by atoms with Crippen LogP contribution in [0.5, 0.6) is 5.75 Å². The van der Waals surface area contributed by atoms with Crippen LogP contribution in [0.25, 0.3) is 11.1 Å². The van der Waals surface area contributed by atoms with Gasteiger partial charge < -0.3 is 24.6 Å². The summed E-state index contributed by atoms with van der Waals surface area (Å²) in [5.74, 6) is 0.507. The molecule has 1 atom stereocenters. The van der Waals surface area contributed by atoms with Gasteiger partial charge in [-0.05, 0) is 73.9 Å². The van der Waals surface area contributed by atoms with Crippen LogP contribution >= 0.6 is 0 Å². The molecule has 0 saturated carbocycles. The number of carboxylic acids is 1. The zero-order valence-electron chi connectivity index (χ0n) is 21.7. The van der Waals surface area contributed by atoms with E-state index in [9.17, 15) is 9.90 Å². The minimum atomic E-state index is -1.09. The number of anilines is 1. The lowest BCUT2D eigenvalue weighted by Crippen LogP contribution is -2.50. The number of nitrogens with zero attached hydrogens (tertiary/aromatic N) is 1. The Balaban J connectivity index is 1.44. The molecule has 37 heavy (non-hydrogen) atoms. The molecule has 1 aliphatic heterocycles. The molecule has 0 amide bonds. The van der Waals surface area contributed by atoms with Crippen molar-refractivity contribution in [2.24, 2.45) is 0 Å². The maximum Gasteiger partial charge on any atom is 0.329 e. The molecule has 7 heteroatoms.